The molecule has 3 heteroatoms. The normalized spacial score (nSPS) is 15.4. The van der Waals surface area contributed by atoms with Gasteiger partial charge in [0.1, 0.15) is 17.1 Å². The van der Waals surface area contributed by atoms with E-state index in [1.165, 1.54) is 0 Å². The van der Waals surface area contributed by atoms with Crippen LogP contribution in [-0.4, -0.2) is 10.9 Å². The minimum atomic E-state index is -0.281. The predicted molar refractivity (Wildman–Crippen MR) is 72.2 cm³/mol. The Bertz CT molecular complexity index is 685. The van der Waals surface area contributed by atoms with Crippen molar-refractivity contribution in [2.45, 2.75) is 6.92 Å². The minimum absolute atomic E-state index is 0.0311. The number of carbonyl (C=O) groups is 1. The van der Waals surface area contributed by atoms with E-state index in [0.717, 1.165) is 11.1 Å². The van der Waals surface area contributed by atoms with Crippen molar-refractivity contribution >= 4 is 11.9 Å². The monoisotopic (exact) mass is 252 g/mol. The molecular weight excluding hydrogens is 240 g/mol. The van der Waals surface area contributed by atoms with Crippen LogP contribution < -0.4 is 4.74 Å². The number of fused-ring (bicyclic) bond motifs is 1. The van der Waals surface area contributed by atoms with Crippen LogP contribution in [0.15, 0.2) is 48.2 Å². The molecule has 0 unspecified atom stereocenters. The van der Waals surface area contributed by atoms with Crippen molar-refractivity contribution in [3.63, 3.8) is 0 Å². The van der Waals surface area contributed by atoms with Crippen LogP contribution in [0.25, 0.3) is 6.08 Å². The SMILES string of the molecule is Cc1cc(O)c2c(c1)O/C(=C\c1ccccc1)C2=O. The molecule has 1 heterocycles. The second-order valence-electron chi connectivity index (χ2n) is 4.51. The van der Waals surface area contributed by atoms with Crippen LogP contribution >= 0.6 is 0 Å². The molecule has 0 saturated carbocycles. The van der Waals surface area contributed by atoms with Gasteiger partial charge in [0.05, 0.1) is 0 Å². The molecule has 0 fully saturated rings. The highest BCUT2D eigenvalue weighted by Gasteiger charge is 2.30. The van der Waals surface area contributed by atoms with Crippen molar-refractivity contribution < 1.29 is 14.6 Å². The van der Waals surface area contributed by atoms with Crippen LogP contribution in [0.3, 0.4) is 0 Å². The lowest BCUT2D eigenvalue weighted by molar-refractivity contribution is 0.101. The summed E-state index contributed by atoms with van der Waals surface area (Å²) in [6.45, 7) is 1.84. The van der Waals surface area contributed by atoms with E-state index in [-0.39, 0.29) is 22.9 Å². The molecule has 0 aromatic heterocycles. The van der Waals surface area contributed by atoms with E-state index in [9.17, 15) is 9.90 Å². The van der Waals surface area contributed by atoms with E-state index in [0.29, 0.717) is 5.75 Å². The maximum atomic E-state index is 12.2. The van der Waals surface area contributed by atoms with Gasteiger partial charge in [0.25, 0.3) is 0 Å². The number of aryl methyl sites for hydroxylation is 1. The molecule has 0 saturated heterocycles. The highest BCUT2D eigenvalue weighted by atomic mass is 16.5. The molecule has 0 radical (unpaired) electrons. The van der Waals surface area contributed by atoms with Gasteiger partial charge in [-0.1, -0.05) is 30.3 Å². The summed E-state index contributed by atoms with van der Waals surface area (Å²) in [6, 6.07) is 12.8. The van der Waals surface area contributed by atoms with Crippen LogP contribution in [0.1, 0.15) is 21.5 Å². The molecule has 19 heavy (non-hydrogen) atoms. The highest BCUT2D eigenvalue weighted by Crippen LogP contribution is 2.38. The summed E-state index contributed by atoms with van der Waals surface area (Å²) in [5.74, 6) is 0.347. The van der Waals surface area contributed by atoms with Gasteiger partial charge < -0.3 is 9.84 Å². The maximum Gasteiger partial charge on any atom is 0.235 e. The van der Waals surface area contributed by atoms with E-state index < -0.39 is 0 Å². The van der Waals surface area contributed by atoms with Crippen LogP contribution in [-0.2, 0) is 0 Å². The van der Waals surface area contributed by atoms with Gasteiger partial charge in [-0.05, 0) is 36.3 Å². The van der Waals surface area contributed by atoms with Crippen LogP contribution in [0.4, 0.5) is 0 Å². The number of phenols is 1. The third kappa shape index (κ3) is 1.99. The first-order valence-corrected chi connectivity index (χ1v) is 5.98. The smallest absolute Gasteiger partial charge is 0.235 e. The van der Waals surface area contributed by atoms with E-state index in [4.69, 9.17) is 4.74 Å². The number of hydrogen-bond acceptors (Lipinski definition) is 3. The largest absolute Gasteiger partial charge is 0.507 e. The molecule has 2 aromatic rings. The molecule has 0 spiro atoms. The summed E-state index contributed by atoms with van der Waals surface area (Å²) >= 11 is 0. The summed E-state index contributed by atoms with van der Waals surface area (Å²) in [4.78, 5) is 12.2. The summed E-state index contributed by atoms with van der Waals surface area (Å²) in [5.41, 5.74) is 1.98. The zero-order chi connectivity index (χ0) is 13.4. The molecule has 0 atom stereocenters. The third-order valence-electron chi connectivity index (χ3n) is 2.99. The number of rotatable bonds is 1. The Hall–Kier alpha value is -2.55. The zero-order valence-electron chi connectivity index (χ0n) is 10.4. The fraction of sp³-hybridized carbons (Fsp3) is 0.0625. The summed E-state index contributed by atoms with van der Waals surface area (Å²) in [5, 5.41) is 9.84. The van der Waals surface area contributed by atoms with Crippen molar-refractivity contribution in [3.8, 4) is 11.5 Å². The van der Waals surface area contributed by atoms with Crippen LogP contribution in [0.2, 0.25) is 0 Å². The Morgan fingerprint density at radius 1 is 1.16 bits per heavy atom. The lowest BCUT2D eigenvalue weighted by atomic mass is 10.1. The van der Waals surface area contributed by atoms with Crippen molar-refractivity contribution in [2.24, 2.45) is 0 Å². The average Bonchev–Trinajstić information content (AvgIpc) is 2.67. The van der Waals surface area contributed by atoms with Gasteiger partial charge >= 0.3 is 0 Å². The van der Waals surface area contributed by atoms with E-state index in [1.807, 2.05) is 37.3 Å². The Morgan fingerprint density at radius 3 is 2.63 bits per heavy atom. The first-order valence-electron chi connectivity index (χ1n) is 5.98. The zero-order valence-corrected chi connectivity index (χ0v) is 10.4. The molecule has 1 aliphatic rings. The Morgan fingerprint density at radius 2 is 1.89 bits per heavy atom. The lowest BCUT2D eigenvalue weighted by Crippen LogP contribution is -1.98. The third-order valence-corrected chi connectivity index (χ3v) is 2.99. The number of ketones is 1. The van der Waals surface area contributed by atoms with Gasteiger partial charge in [-0.2, -0.15) is 0 Å². The fourth-order valence-corrected chi connectivity index (χ4v) is 2.13. The van der Waals surface area contributed by atoms with Gasteiger partial charge in [0, 0.05) is 0 Å². The minimum Gasteiger partial charge on any atom is -0.507 e. The molecule has 0 bridgehead atoms. The number of Topliss-reactive ketones (excluding diaryl/α,β-unsaturated/α-hetero) is 1. The number of hydrogen-bond donors (Lipinski definition) is 1. The predicted octanol–water partition coefficient (Wildman–Crippen LogP) is 3.32. The number of phenolic OH excluding ortho intramolecular Hbond substituents is 1. The quantitative estimate of drug-likeness (QED) is 0.792. The standard InChI is InChI=1S/C16H12O3/c1-10-7-12(17)15-13(8-10)19-14(16(15)18)9-11-5-3-2-4-6-11/h2-9,17H,1H3/b14-9-. The molecule has 3 rings (SSSR count). The van der Waals surface area contributed by atoms with Gasteiger partial charge in [-0.3, -0.25) is 4.79 Å². The Labute approximate surface area is 110 Å². The average molecular weight is 252 g/mol. The van der Waals surface area contributed by atoms with Crippen LogP contribution in [0.5, 0.6) is 11.5 Å². The number of benzene rings is 2. The first-order chi connectivity index (χ1) is 9.15. The van der Waals surface area contributed by atoms with Crippen molar-refractivity contribution in [3.05, 3.63) is 64.9 Å². The van der Waals surface area contributed by atoms with Crippen LogP contribution in [0, 0.1) is 6.92 Å². The molecule has 3 nitrogen and oxygen atoms in total. The van der Waals surface area contributed by atoms with Gasteiger partial charge in [-0.15, -0.1) is 0 Å². The number of allylic oxidation sites excluding steroid dienone is 1. The number of ether oxygens (including phenoxy) is 1. The molecule has 2 aromatic carbocycles. The first kappa shape index (κ1) is 11.5. The van der Waals surface area contributed by atoms with Crippen molar-refractivity contribution in [1.82, 2.24) is 0 Å². The number of carbonyl (C=O) groups excluding carboxylic acids is 1. The van der Waals surface area contributed by atoms with Gasteiger partial charge in [-0.25, -0.2) is 0 Å². The number of aromatic hydroxyl groups is 1. The van der Waals surface area contributed by atoms with Crippen molar-refractivity contribution in [2.75, 3.05) is 0 Å². The van der Waals surface area contributed by atoms with E-state index in [2.05, 4.69) is 0 Å². The van der Waals surface area contributed by atoms with Gasteiger partial charge in [0.2, 0.25) is 5.78 Å². The fourth-order valence-electron chi connectivity index (χ4n) is 2.13. The van der Waals surface area contributed by atoms with E-state index >= 15 is 0 Å². The van der Waals surface area contributed by atoms with E-state index in [1.54, 1.807) is 18.2 Å². The summed E-state index contributed by atoms with van der Waals surface area (Å²) in [6.07, 6.45) is 1.68. The summed E-state index contributed by atoms with van der Waals surface area (Å²) in [7, 11) is 0. The Kier molecular flexibility index (Phi) is 2.60. The van der Waals surface area contributed by atoms with Gasteiger partial charge in [0.15, 0.2) is 5.76 Å². The molecule has 1 aliphatic heterocycles. The second-order valence-corrected chi connectivity index (χ2v) is 4.51. The second kappa shape index (κ2) is 4.28. The molecule has 0 aliphatic carbocycles. The molecule has 1 N–H and O–H groups in total. The summed E-state index contributed by atoms with van der Waals surface area (Å²) < 4.78 is 5.54. The topological polar surface area (TPSA) is 46.5 Å². The van der Waals surface area contributed by atoms with Crippen molar-refractivity contribution in [1.29, 1.82) is 0 Å². The molecular formula is C16H12O3. The highest BCUT2D eigenvalue weighted by molar-refractivity contribution is 6.16. The maximum absolute atomic E-state index is 12.2. The molecule has 94 valence electrons. The Balaban J connectivity index is 2.05. The lowest BCUT2D eigenvalue weighted by Gasteiger charge is -2.00. The molecule has 0 amide bonds.